The highest BCUT2D eigenvalue weighted by atomic mass is 16.5. The van der Waals surface area contributed by atoms with Crippen LogP contribution in [0.15, 0.2) is 55.0 Å². The van der Waals surface area contributed by atoms with Gasteiger partial charge in [0, 0.05) is 63.3 Å². The van der Waals surface area contributed by atoms with E-state index in [0.29, 0.717) is 36.7 Å². The third-order valence-corrected chi connectivity index (χ3v) is 6.64. The third-order valence-electron chi connectivity index (χ3n) is 6.64. The Morgan fingerprint density at radius 2 is 1.91 bits per heavy atom. The predicted molar refractivity (Wildman–Crippen MR) is 127 cm³/mol. The zero-order chi connectivity index (χ0) is 23.3. The highest BCUT2D eigenvalue weighted by molar-refractivity contribution is 5.94. The molecule has 2 aliphatic rings. The molecule has 8 nitrogen and oxygen atoms in total. The van der Waals surface area contributed by atoms with Crippen LogP contribution in [0.5, 0.6) is 5.75 Å². The summed E-state index contributed by atoms with van der Waals surface area (Å²) in [4.78, 5) is 31.4. The maximum atomic E-state index is 12.6. The van der Waals surface area contributed by atoms with Gasteiger partial charge in [-0.25, -0.2) is 4.98 Å². The molecule has 178 valence electrons. The van der Waals surface area contributed by atoms with Gasteiger partial charge in [0.25, 0.3) is 5.91 Å². The van der Waals surface area contributed by atoms with Gasteiger partial charge in [0.15, 0.2) is 0 Å². The number of hydrogen-bond donors (Lipinski definition) is 1. The van der Waals surface area contributed by atoms with Gasteiger partial charge < -0.3 is 24.1 Å². The van der Waals surface area contributed by atoms with E-state index in [1.54, 1.807) is 18.3 Å². The zero-order valence-corrected chi connectivity index (χ0v) is 19.2. The number of aromatic nitrogens is 2. The Balaban J connectivity index is 1.08. The number of nitrogens with one attached hydrogen (secondary N) is 1. The van der Waals surface area contributed by atoms with Crippen LogP contribution in [-0.4, -0.2) is 58.5 Å². The number of fused-ring (bicyclic) bond motifs is 1. The molecule has 34 heavy (non-hydrogen) atoms. The first-order valence-electron chi connectivity index (χ1n) is 12.0. The van der Waals surface area contributed by atoms with Gasteiger partial charge in [-0.2, -0.15) is 0 Å². The minimum absolute atomic E-state index is 0.0177. The molecule has 0 radical (unpaired) electrons. The summed E-state index contributed by atoms with van der Waals surface area (Å²) in [6, 6.07) is 11.1. The van der Waals surface area contributed by atoms with Crippen molar-refractivity contribution in [1.82, 2.24) is 19.6 Å². The van der Waals surface area contributed by atoms with Crippen molar-refractivity contribution in [2.45, 2.75) is 38.3 Å². The van der Waals surface area contributed by atoms with Gasteiger partial charge in [0.2, 0.25) is 5.91 Å². The number of hydrogen-bond acceptors (Lipinski definition) is 5. The van der Waals surface area contributed by atoms with Crippen molar-refractivity contribution in [2.75, 3.05) is 26.3 Å². The molecule has 5 rings (SSSR count). The molecule has 1 aromatic carbocycles. The minimum Gasteiger partial charge on any atom is -0.489 e. The maximum Gasteiger partial charge on any atom is 0.251 e. The quantitative estimate of drug-likeness (QED) is 0.583. The summed E-state index contributed by atoms with van der Waals surface area (Å²) in [5.74, 6) is 1.23. The number of amides is 2. The Kier molecular flexibility index (Phi) is 6.76. The van der Waals surface area contributed by atoms with Crippen molar-refractivity contribution >= 4 is 17.5 Å². The van der Waals surface area contributed by atoms with E-state index < -0.39 is 0 Å². The number of nitrogens with zero attached hydrogens (tertiary/aromatic N) is 3. The Morgan fingerprint density at radius 1 is 1.09 bits per heavy atom. The summed E-state index contributed by atoms with van der Waals surface area (Å²) in [7, 11) is 0. The van der Waals surface area contributed by atoms with Gasteiger partial charge in [-0.1, -0.05) is 0 Å². The van der Waals surface area contributed by atoms with E-state index in [1.165, 1.54) is 0 Å². The van der Waals surface area contributed by atoms with E-state index in [9.17, 15) is 9.59 Å². The number of benzene rings is 1. The molecule has 2 fully saturated rings. The Morgan fingerprint density at radius 3 is 2.74 bits per heavy atom. The van der Waals surface area contributed by atoms with Crippen LogP contribution in [0.4, 0.5) is 0 Å². The molecular weight excluding hydrogens is 432 g/mol. The number of rotatable bonds is 7. The lowest BCUT2D eigenvalue weighted by molar-refractivity contribution is -0.132. The second-order valence-electron chi connectivity index (χ2n) is 9.06. The van der Waals surface area contributed by atoms with Crippen molar-refractivity contribution in [3.8, 4) is 5.75 Å². The lowest BCUT2D eigenvalue weighted by Crippen LogP contribution is -2.33. The number of ether oxygens (including phenoxy) is 2. The van der Waals surface area contributed by atoms with Crippen LogP contribution in [0.1, 0.15) is 41.6 Å². The van der Waals surface area contributed by atoms with E-state index in [-0.39, 0.29) is 17.9 Å². The van der Waals surface area contributed by atoms with Crippen LogP contribution in [0, 0.1) is 5.92 Å². The maximum absolute atomic E-state index is 12.6. The monoisotopic (exact) mass is 462 g/mol. The average Bonchev–Trinajstić information content (AvgIpc) is 3.53. The second kappa shape index (κ2) is 10.3. The van der Waals surface area contributed by atoms with Crippen molar-refractivity contribution in [3.63, 3.8) is 0 Å². The van der Waals surface area contributed by atoms with Gasteiger partial charge in [0.1, 0.15) is 17.5 Å². The van der Waals surface area contributed by atoms with Gasteiger partial charge in [0.05, 0.1) is 6.54 Å². The third kappa shape index (κ3) is 5.39. The Labute approximate surface area is 198 Å². The molecule has 0 bridgehead atoms. The Hall–Kier alpha value is -3.39. The van der Waals surface area contributed by atoms with Gasteiger partial charge in [-0.05, 0) is 60.7 Å². The van der Waals surface area contributed by atoms with Crippen molar-refractivity contribution in [1.29, 1.82) is 0 Å². The molecule has 3 aromatic rings. The fourth-order valence-corrected chi connectivity index (χ4v) is 4.60. The largest absolute Gasteiger partial charge is 0.489 e. The summed E-state index contributed by atoms with van der Waals surface area (Å²) < 4.78 is 13.4. The highest BCUT2D eigenvalue weighted by Crippen LogP contribution is 2.23. The molecule has 1 atom stereocenters. The van der Waals surface area contributed by atoms with Gasteiger partial charge in [-0.15, -0.1) is 0 Å². The topological polar surface area (TPSA) is 85.2 Å². The molecule has 2 aliphatic heterocycles. The molecular formula is C26H30N4O4. The number of likely N-dealkylation sites (tertiary alicyclic amines) is 1. The summed E-state index contributed by atoms with van der Waals surface area (Å²) >= 11 is 0. The number of carbonyl (C=O) groups excluding carboxylic acids is 2. The van der Waals surface area contributed by atoms with Crippen LogP contribution < -0.4 is 10.1 Å². The van der Waals surface area contributed by atoms with Crippen LogP contribution >= 0.6 is 0 Å². The summed E-state index contributed by atoms with van der Waals surface area (Å²) in [5, 5.41) is 2.95. The minimum atomic E-state index is -0.138. The lowest BCUT2D eigenvalue weighted by atomic mass is 9.96. The van der Waals surface area contributed by atoms with Crippen molar-refractivity contribution in [3.05, 3.63) is 66.1 Å². The molecule has 0 aliphatic carbocycles. The van der Waals surface area contributed by atoms with Crippen molar-refractivity contribution < 1.29 is 19.1 Å². The van der Waals surface area contributed by atoms with E-state index in [4.69, 9.17) is 9.47 Å². The lowest BCUT2D eigenvalue weighted by Gasteiger charge is -2.24. The molecule has 0 saturated carbocycles. The van der Waals surface area contributed by atoms with Crippen LogP contribution in [0.25, 0.3) is 5.65 Å². The SMILES string of the molecule is O=C(NCc1ccn2ccnc2c1)c1ccc(O[C@H]2CCN(C(=O)CC3CCOCC3)C2)cc1. The van der Waals surface area contributed by atoms with Crippen LogP contribution in [0.3, 0.4) is 0 Å². The molecule has 1 N–H and O–H groups in total. The molecule has 2 aromatic heterocycles. The van der Waals surface area contributed by atoms with E-state index in [2.05, 4.69) is 10.3 Å². The fourth-order valence-electron chi connectivity index (χ4n) is 4.60. The number of imidazole rings is 1. The van der Waals surface area contributed by atoms with Gasteiger partial charge in [-0.3, -0.25) is 9.59 Å². The summed E-state index contributed by atoms with van der Waals surface area (Å²) in [6.45, 7) is 3.31. The van der Waals surface area contributed by atoms with Crippen molar-refractivity contribution in [2.24, 2.45) is 5.92 Å². The van der Waals surface area contributed by atoms with Gasteiger partial charge >= 0.3 is 0 Å². The summed E-state index contributed by atoms with van der Waals surface area (Å²) in [5.41, 5.74) is 2.42. The molecule has 2 saturated heterocycles. The first kappa shape index (κ1) is 22.4. The first-order valence-corrected chi connectivity index (χ1v) is 12.0. The Bertz CT molecular complexity index is 1140. The molecule has 8 heteroatoms. The second-order valence-corrected chi connectivity index (χ2v) is 9.06. The normalized spacial score (nSPS) is 18.8. The van der Waals surface area contributed by atoms with E-state index in [1.807, 2.05) is 46.0 Å². The standard InChI is InChI=1S/C26H30N4O4/c31-25(16-19-7-13-33-14-8-19)30-11-6-23(18-30)34-22-3-1-21(2-4-22)26(32)28-17-20-5-10-29-12-9-27-24(29)15-20/h1-5,9-10,12,15,19,23H,6-8,11,13-14,16-18H2,(H,28,32)/t23-/m0/s1. The van der Waals surface area contributed by atoms with Crippen LogP contribution in [0.2, 0.25) is 0 Å². The first-order chi connectivity index (χ1) is 16.6. The zero-order valence-electron chi connectivity index (χ0n) is 19.2. The highest BCUT2D eigenvalue weighted by Gasteiger charge is 2.29. The molecule has 4 heterocycles. The van der Waals surface area contributed by atoms with E-state index >= 15 is 0 Å². The molecule has 0 unspecified atom stereocenters. The smallest absolute Gasteiger partial charge is 0.251 e. The van der Waals surface area contributed by atoms with E-state index in [0.717, 1.165) is 50.2 Å². The van der Waals surface area contributed by atoms with Crippen LogP contribution in [-0.2, 0) is 16.1 Å². The fraction of sp³-hybridized carbons (Fsp3) is 0.423. The predicted octanol–water partition coefficient (Wildman–Crippen LogP) is 3.06. The molecule has 2 amide bonds. The average molecular weight is 463 g/mol. The number of carbonyl (C=O) groups is 2. The molecule has 0 spiro atoms. The number of pyridine rings is 1. The summed E-state index contributed by atoms with van der Waals surface area (Å²) in [6.07, 6.45) is 8.91.